The molecule has 21 heavy (non-hydrogen) atoms. The summed E-state index contributed by atoms with van der Waals surface area (Å²) in [6, 6.07) is 6.09. The molecule has 1 fully saturated rings. The molecule has 1 aliphatic carbocycles. The van der Waals surface area contributed by atoms with Crippen LogP contribution in [0.2, 0.25) is 0 Å². The highest BCUT2D eigenvalue weighted by molar-refractivity contribution is 7.21. The Kier molecular flexibility index (Phi) is 3.60. The molecular formula is C17H18N2OS. The highest BCUT2D eigenvalue weighted by Crippen LogP contribution is 2.36. The van der Waals surface area contributed by atoms with E-state index >= 15 is 0 Å². The molecule has 0 bridgehead atoms. The molecule has 3 rings (SSSR count). The number of nitrogen functional groups attached to an aromatic ring is 1. The van der Waals surface area contributed by atoms with Gasteiger partial charge in [0.25, 0.3) is 5.91 Å². The molecule has 108 valence electrons. The van der Waals surface area contributed by atoms with Gasteiger partial charge >= 0.3 is 0 Å². The number of hydrogen-bond acceptors (Lipinski definition) is 3. The Hall–Kier alpha value is -1.99. The summed E-state index contributed by atoms with van der Waals surface area (Å²) in [7, 11) is 0. The summed E-state index contributed by atoms with van der Waals surface area (Å²) in [5.74, 6) is 3.16. The molecule has 0 atom stereocenters. The van der Waals surface area contributed by atoms with Crippen molar-refractivity contribution in [1.29, 1.82) is 0 Å². The van der Waals surface area contributed by atoms with E-state index in [2.05, 4.69) is 5.92 Å². The molecule has 1 amide bonds. The molecule has 0 aliphatic heterocycles. The molecule has 1 aliphatic rings. The lowest BCUT2D eigenvalue weighted by Gasteiger charge is -2.19. The van der Waals surface area contributed by atoms with Crippen molar-refractivity contribution in [2.24, 2.45) is 5.92 Å². The number of hydrogen-bond donors (Lipinski definition) is 1. The molecule has 0 saturated heterocycles. The van der Waals surface area contributed by atoms with Crippen LogP contribution >= 0.6 is 11.3 Å². The van der Waals surface area contributed by atoms with E-state index in [1.165, 1.54) is 24.2 Å². The molecular weight excluding hydrogens is 280 g/mol. The first-order valence-corrected chi connectivity index (χ1v) is 7.93. The summed E-state index contributed by atoms with van der Waals surface area (Å²) in [4.78, 5) is 15.1. The van der Waals surface area contributed by atoms with E-state index < -0.39 is 0 Å². The first-order valence-electron chi connectivity index (χ1n) is 7.11. The molecule has 0 unspecified atom stereocenters. The van der Waals surface area contributed by atoms with E-state index in [0.29, 0.717) is 23.0 Å². The van der Waals surface area contributed by atoms with Crippen LogP contribution in [0.5, 0.6) is 0 Å². The van der Waals surface area contributed by atoms with Gasteiger partial charge in [0.1, 0.15) is 4.88 Å². The van der Waals surface area contributed by atoms with Crippen LogP contribution < -0.4 is 5.73 Å². The second-order valence-corrected chi connectivity index (χ2v) is 6.73. The normalized spacial score (nSPS) is 14.1. The van der Waals surface area contributed by atoms with Crippen molar-refractivity contribution in [3.8, 4) is 12.3 Å². The highest BCUT2D eigenvalue weighted by atomic mass is 32.1. The number of carbonyl (C=O) groups is 1. The molecule has 0 radical (unpaired) electrons. The Labute approximate surface area is 128 Å². The van der Waals surface area contributed by atoms with E-state index in [4.69, 9.17) is 12.2 Å². The fourth-order valence-electron chi connectivity index (χ4n) is 2.47. The summed E-state index contributed by atoms with van der Waals surface area (Å²) in [6.07, 6.45) is 7.78. The summed E-state index contributed by atoms with van der Waals surface area (Å²) < 4.78 is 1.05. The third-order valence-electron chi connectivity index (χ3n) is 3.82. The van der Waals surface area contributed by atoms with Gasteiger partial charge in [-0.05, 0) is 37.8 Å². The zero-order valence-electron chi connectivity index (χ0n) is 12.1. The monoisotopic (exact) mass is 298 g/mol. The smallest absolute Gasteiger partial charge is 0.266 e. The van der Waals surface area contributed by atoms with Crippen LogP contribution in [0.25, 0.3) is 10.1 Å². The topological polar surface area (TPSA) is 46.3 Å². The van der Waals surface area contributed by atoms with Gasteiger partial charge in [0, 0.05) is 16.6 Å². The third kappa shape index (κ3) is 2.74. The summed E-state index contributed by atoms with van der Waals surface area (Å²) >= 11 is 1.46. The minimum absolute atomic E-state index is 0.0313. The fourth-order valence-corrected chi connectivity index (χ4v) is 3.55. The Morgan fingerprint density at radius 2 is 2.29 bits per heavy atom. The van der Waals surface area contributed by atoms with Crippen LogP contribution in [0.3, 0.4) is 0 Å². The van der Waals surface area contributed by atoms with Crippen LogP contribution in [-0.4, -0.2) is 23.9 Å². The van der Waals surface area contributed by atoms with Crippen LogP contribution in [0, 0.1) is 25.2 Å². The maximum atomic E-state index is 12.7. The standard InChI is InChI=1S/C17H18N2OS/c1-3-8-19(10-12-5-6-12)17(20)16-15(18)13-9-11(2)4-7-14(13)21-16/h1,4,7,9,12H,5-6,8,10,18H2,2H3. The molecule has 2 aromatic rings. The Balaban J connectivity index is 1.95. The Morgan fingerprint density at radius 3 is 2.95 bits per heavy atom. The number of rotatable bonds is 4. The molecule has 3 nitrogen and oxygen atoms in total. The number of amides is 1. The predicted molar refractivity (Wildman–Crippen MR) is 88.4 cm³/mol. The molecule has 1 heterocycles. The number of aryl methyl sites for hydroxylation is 1. The molecule has 2 N–H and O–H groups in total. The lowest BCUT2D eigenvalue weighted by Crippen LogP contribution is -2.33. The molecule has 1 saturated carbocycles. The van der Waals surface area contributed by atoms with E-state index in [-0.39, 0.29) is 5.91 Å². The Morgan fingerprint density at radius 1 is 1.52 bits per heavy atom. The number of nitrogens with zero attached hydrogens (tertiary/aromatic N) is 1. The van der Waals surface area contributed by atoms with E-state index in [9.17, 15) is 4.79 Å². The number of terminal acetylenes is 1. The van der Waals surface area contributed by atoms with E-state index in [1.54, 1.807) is 4.90 Å². The van der Waals surface area contributed by atoms with Crippen LogP contribution in [-0.2, 0) is 0 Å². The van der Waals surface area contributed by atoms with Crippen molar-refractivity contribution >= 4 is 33.0 Å². The zero-order valence-corrected chi connectivity index (χ0v) is 12.9. The average Bonchev–Trinajstić information content (AvgIpc) is 3.22. The molecule has 0 spiro atoms. The highest BCUT2D eigenvalue weighted by Gasteiger charge is 2.28. The second kappa shape index (κ2) is 5.42. The fraction of sp³-hybridized carbons (Fsp3) is 0.353. The number of nitrogens with two attached hydrogens (primary N) is 1. The van der Waals surface area contributed by atoms with Crippen molar-refractivity contribution in [2.45, 2.75) is 19.8 Å². The molecule has 1 aromatic carbocycles. The number of carbonyl (C=O) groups excluding carboxylic acids is 1. The van der Waals surface area contributed by atoms with E-state index in [0.717, 1.165) is 22.2 Å². The SMILES string of the molecule is C#CCN(CC1CC1)C(=O)c1sc2ccc(C)cc2c1N. The lowest BCUT2D eigenvalue weighted by atomic mass is 10.1. The predicted octanol–water partition coefficient (Wildman–Crippen LogP) is 3.28. The van der Waals surface area contributed by atoms with Gasteiger partial charge < -0.3 is 10.6 Å². The van der Waals surface area contributed by atoms with Gasteiger partial charge in [0.2, 0.25) is 0 Å². The van der Waals surface area contributed by atoms with Gasteiger partial charge in [-0.15, -0.1) is 17.8 Å². The van der Waals surface area contributed by atoms with E-state index in [1.807, 2.05) is 25.1 Å². The summed E-state index contributed by atoms with van der Waals surface area (Å²) in [5.41, 5.74) is 7.93. The van der Waals surface area contributed by atoms with Gasteiger partial charge in [0.05, 0.1) is 12.2 Å². The Bertz CT molecular complexity index is 737. The lowest BCUT2D eigenvalue weighted by molar-refractivity contribution is 0.0775. The second-order valence-electron chi connectivity index (χ2n) is 5.68. The van der Waals surface area contributed by atoms with Crippen LogP contribution in [0.15, 0.2) is 18.2 Å². The van der Waals surface area contributed by atoms with Crippen LogP contribution in [0.1, 0.15) is 28.1 Å². The average molecular weight is 298 g/mol. The summed E-state index contributed by atoms with van der Waals surface area (Å²) in [6.45, 7) is 3.12. The molecule has 4 heteroatoms. The van der Waals surface area contributed by atoms with Crippen molar-refractivity contribution in [2.75, 3.05) is 18.8 Å². The molecule has 1 aromatic heterocycles. The van der Waals surface area contributed by atoms with Gasteiger partial charge in [-0.1, -0.05) is 17.6 Å². The first-order chi connectivity index (χ1) is 10.1. The number of benzene rings is 1. The zero-order chi connectivity index (χ0) is 15.0. The summed E-state index contributed by atoms with van der Waals surface area (Å²) in [5, 5.41) is 0.968. The third-order valence-corrected chi connectivity index (χ3v) is 5.00. The van der Waals surface area contributed by atoms with Crippen molar-refractivity contribution in [3.05, 3.63) is 28.6 Å². The van der Waals surface area contributed by atoms with Crippen molar-refractivity contribution < 1.29 is 4.79 Å². The van der Waals surface area contributed by atoms with Crippen molar-refractivity contribution in [1.82, 2.24) is 4.90 Å². The number of anilines is 1. The van der Waals surface area contributed by atoms with Crippen LogP contribution in [0.4, 0.5) is 5.69 Å². The minimum Gasteiger partial charge on any atom is -0.397 e. The van der Waals surface area contributed by atoms with Gasteiger partial charge in [-0.3, -0.25) is 4.79 Å². The van der Waals surface area contributed by atoms with Gasteiger partial charge in [-0.2, -0.15) is 0 Å². The first kappa shape index (κ1) is 14.0. The quantitative estimate of drug-likeness (QED) is 0.881. The van der Waals surface area contributed by atoms with Crippen molar-refractivity contribution in [3.63, 3.8) is 0 Å². The number of fused-ring (bicyclic) bond motifs is 1. The maximum Gasteiger partial charge on any atom is 0.266 e. The largest absolute Gasteiger partial charge is 0.397 e. The number of thiophene rings is 1. The van der Waals surface area contributed by atoms with Gasteiger partial charge in [-0.25, -0.2) is 0 Å². The van der Waals surface area contributed by atoms with Gasteiger partial charge in [0.15, 0.2) is 0 Å². The maximum absolute atomic E-state index is 12.7. The minimum atomic E-state index is -0.0313.